The molecular formula is C9H19NO2. The fraction of sp³-hybridized carbons (Fsp3) is 0.667. The summed E-state index contributed by atoms with van der Waals surface area (Å²) in [6, 6.07) is 0.425. The minimum Gasteiger partial charge on any atom is -0.461 e. The normalized spacial score (nSPS) is 10.0. The summed E-state index contributed by atoms with van der Waals surface area (Å²) < 4.78 is 4.85. The van der Waals surface area contributed by atoms with E-state index >= 15 is 0 Å². The molecule has 0 aromatic rings. The van der Waals surface area contributed by atoms with Gasteiger partial charge < -0.3 is 10.1 Å². The average Bonchev–Trinajstić information content (AvgIpc) is 1.97. The Morgan fingerprint density at radius 1 is 1.67 bits per heavy atom. The highest BCUT2D eigenvalue weighted by Crippen LogP contribution is 1.90. The van der Waals surface area contributed by atoms with Crippen LogP contribution >= 0.6 is 0 Å². The summed E-state index contributed by atoms with van der Waals surface area (Å²) in [5.74, 6) is -0.319. The molecule has 3 heteroatoms. The first-order chi connectivity index (χ1) is 5.54. The lowest BCUT2D eigenvalue weighted by Gasteiger charge is -2.08. The molecule has 0 unspecified atom stereocenters. The lowest BCUT2D eigenvalue weighted by atomic mass is 10.4. The quantitative estimate of drug-likeness (QED) is 0.387. The van der Waals surface area contributed by atoms with Crippen LogP contribution in [-0.2, 0) is 9.53 Å². The molecular weight excluding hydrogens is 154 g/mol. The second kappa shape index (κ2) is 5.77. The first-order valence-corrected chi connectivity index (χ1v) is 4.10. The van der Waals surface area contributed by atoms with Crippen molar-refractivity contribution in [2.45, 2.75) is 26.8 Å². The zero-order valence-corrected chi connectivity index (χ0v) is 8.02. The van der Waals surface area contributed by atoms with Crippen molar-refractivity contribution < 1.29 is 11.0 Å². The topological polar surface area (TPSA) is 38.3 Å². The number of ether oxygens (including phenoxy) is 1. The Balaban J connectivity index is 0. The molecule has 72 valence electrons. The highest BCUT2D eigenvalue weighted by molar-refractivity contribution is 5.86. The van der Waals surface area contributed by atoms with Crippen LogP contribution in [-0.4, -0.2) is 25.2 Å². The third-order valence-electron chi connectivity index (χ3n) is 1.24. The molecule has 0 radical (unpaired) electrons. The first kappa shape index (κ1) is 11.2. The Hall–Kier alpha value is -0.830. The Labute approximate surface area is 75.3 Å². The highest BCUT2D eigenvalue weighted by Gasteiger charge is 2.01. The van der Waals surface area contributed by atoms with Crippen LogP contribution in [0.2, 0.25) is 0 Å². The maximum Gasteiger partial charge on any atom is 0.333 e. The number of carbonyl (C=O) groups is 1. The van der Waals surface area contributed by atoms with Gasteiger partial charge in [0, 0.05) is 19.6 Å². The summed E-state index contributed by atoms with van der Waals surface area (Å²) in [5.41, 5.74) is 0.444. The van der Waals surface area contributed by atoms with Gasteiger partial charge in [0.2, 0.25) is 0 Å². The predicted molar refractivity (Wildman–Crippen MR) is 51.0 cm³/mol. The molecule has 0 aromatic carbocycles. The van der Waals surface area contributed by atoms with Crippen molar-refractivity contribution in [2.24, 2.45) is 0 Å². The number of nitrogens with one attached hydrogen (secondary N) is 1. The van der Waals surface area contributed by atoms with E-state index in [0.717, 1.165) is 0 Å². The van der Waals surface area contributed by atoms with Crippen molar-refractivity contribution in [3.8, 4) is 0 Å². The minimum absolute atomic E-state index is 0. The molecule has 0 heterocycles. The Morgan fingerprint density at radius 2 is 2.25 bits per heavy atom. The molecule has 0 bridgehead atoms. The lowest BCUT2D eigenvalue weighted by molar-refractivity contribution is -0.138. The molecule has 0 aliphatic carbocycles. The third-order valence-corrected chi connectivity index (χ3v) is 1.24. The largest absolute Gasteiger partial charge is 0.461 e. The van der Waals surface area contributed by atoms with E-state index in [1.54, 1.807) is 6.92 Å². The van der Waals surface area contributed by atoms with Gasteiger partial charge in [-0.25, -0.2) is 4.79 Å². The van der Waals surface area contributed by atoms with Crippen LogP contribution in [0.5, 0.6) is 0 Å². The fourth-order valence-corrected chi connectivity index (χ4v) is 0.615. The van der Waals surface area contributed by atoms with E-state index in [1.165, 1.54) is 0 Å². The van der Waals surface area contributed by atoms with Crippen molar-refractivity contribution >= 4 is 5.97 Å². The molecule has 0 rings (SSSR count). The molecule has 0 spiro atoms. The van der Waals surface area contributed by atoms with Crippen LogP contribution in [0.25, 0.3) is 0 Å². The van der Waals surface area contributed by atoms with Gasteiger partial charge in [-0.3, -0.25) is 0 Å². The van der Waals surface area contributed by atoms with Gasteiger partial charge in [0.15, 0.2) is 0 Å². The Morgan fingerprint density at radius 3 is 2.67 bits per heavy atom. The van der Waals surface area contributed by atoms with Crippen LogP contribution in [0.4, 0.5) is 0 Å². The lowest BCUT2D eigenvalue weighted by Crippen LogP contribution is -2.27. The zero-order valence-electron chi connectivity index (χ0n) is 8.02. The molecule has 0 aliphatic rings. The van der Waals surface area contributed by atoms with Crippen LogP contribution in [0.1, 0.15) is 22.2 Å². The monoisotopic (exact) mass is 173 g/mol. The van der Waals surface area contributed by atoms with Crippen molar-refractivity contribution in [2.75, 3.05) is 13.2 Å². The fourth-order valence-electron chi connectivity index (χ4n) is 0.615. The van der Waals surface area contributed by atoms with E-state index in [9.17, 15) is 4.79 Å². The first-order valence-electron chi connectivity index (χ1n) is 4.10. The van der Waals surface area contributed by atoms with Gasteiger partial charge in [-0.2, -0.15) is 0 Å². The Kier molecular flexibility index (Phi) is 5.37. The van der Waals surface area contributed by atoms with Crippen LogP contribution < -0.4 is 5.32 Å². The molecule has 1 N–H and O–H groups in total. The van der Waals surface area contributed by atoms with Gasteiger partial charge in [0.25, 0.3) is 0 Å². The zero-order chi connectivity index (χ0) is 9.56. The number of rotatable bonds is 5. The predicted octanol–water partition coefficient (Wildman–Crippen LogP) is 1.35. The number of esters is 1. The second-order valence-corrected chi connectivity index (χ2v) is 3.03. The van der Waals surface area contributed by atoms with Crippen molar-refractivity contribution in [3.63, 3.8) is 0 Å². The summed E-state index contributed by atoms with van der Waals surface area (Å²) in [6.45, 7) is 10.3. The van der Waals surface area contributed by atoms with Crippen molar-refractivity contribution in [1.29, 1.82) is 0 Å². The van der Waals surface area contributed by atoms with Crippen LogP contribution in [0.15, 0.2) is 12.2 Å². The summed E-state index contributed by atoms with van der Waals surface area (Å²) >= 11 is 0. The van der Waals surface area contributed by atoms with Gasteiger partial charge in [-0.1, -0.05) is 20.4 Å². The number of hydrogen-bond acceptors (Lipinski definition) is 3. The van der Waals surface area contributed by atoms with E-state index < -0.39 is 0 Å². The van der Waals surface area contributed by atoms with Gasteiger partial charge in [-0.15, -0.1) is 0 Å². The summed E-state index contributed by atoms with van der Waals surface area (Å²) in [4.78, 5) is 10.8. The van der Waals surface area contributed by atoms with Gasteiger partial charge in [-0.05, 0) is 6.92 Å². The molecule has 12 heavy (non-hydrogen) atoms. The van der Waals surface area contributed by atoms with E-state index in [1.807, 2.05) is 13.8 Å². The number of hydrogen-bond donors (Lipinski definition) is 1. The molecule has 3 nitrogen and oxygen atoms in total. The molecule has 0 aliphatic heterocycles. The molecule has 0 atom stereocenters. The van der Waals surface area contributed by atoms with E-state index in [-0.39, 0.29) is 7.40 Å². The van der Waals surface area contributed by atoms with Crippen LogP contribution in [0.3, 0.4) is 0 Å². The third kappa shape index (κ3) is 5.92. The molecule has 0 fully saturated rings. The number of carbonyl (C=O) groups excluding carboxylic acids is 1. The van der Waals surface area contributed by atoms with Crippen LogP contribution in [0, 0.1) is 0 Å². The average molecular weight is 173 g/mol. The molecule has 0 amide bonds. The smallest absolute Gasteiger partial charge is 0.333 e. The van der Waals surface area contributed by atoms with Crippen molar-refractivity contribution in [1.82, 2.24) is 5.32 Å². The van der Waals surface area contributed by atoms with Gasteiger partial charge in [0.05, 0.1) is 0 Å². The maximum absolute atomic E-state index is 10.8. The maximum atomic E-state index is 10.8. The molecule has 0 saturated carbocycles. The van der Waals surface area contributed by atoms with E-state index in [2.05, 4.69) is 11.9 Å². The van der Waals surface area contributed by atoms with E-state index in [4.69, 9.17) is 4.74 Å². The summed E-state index contributed by atoms with van der Waals surface area (Å²) in [6.07, 6.45) is 0. The minimum atomic E-state index is -0.319. The molecule has 0 saturated heterocycles. The SMILES string of the molecule is C=C(C)C(=O)OCCNC(C)C.[HH]. The van der Waals surface area contributed by atoms with Gasteiger partial charge >= 0.3 is 5.97 Å². The molecule has 0 aromatic heterocycles. The van der Waals surface area contributed by atoms with E-state index in [0.29, 0.717) is 24.8 Å². The van der Waals surface area contributed by atoms with Crippen molar-refractivity contribution in [3.05, 3.63) is 12.2 Å². The summed E-state index contributed by atoms with van der Waals surface area (Å²) in [7, 11) is 0. The summed E-state index contributed by atoms with van der Waals surface area (Å²) in [5, 5.41) is 3.13. The highest BCUT2D eigenvalue weighted by atomic mass is 16.5. The second-order valence-electron chi connectivity index (χ2n) is 3.03. The Bertz CT molecular complexity index is 169. The standard InChI is InChI=1S/C9H17NO2.H2/c1-7(2)9(11)12-6-5-10-8(3)4;/h8,10H,1,5-6H2,2-4H3;1H. The van der Waals surface area contributed by atoms with Gasteiger partial charge in [0.1, 0.15) is 6.61 Å².